The largest absolute Gasteiger partial charge is 0.390 e. The van der Waals surface area contributed by atoms with Crippen LogP contribution in [0, 0.1) is 0 Å². The molecule has 19 heavy (non-hydrogen) atoms. The summed E-state index contributed by atoms with van der Waals surface area (Å²) in [5.74, 6) is 0. The first kappa shape index (κ1) is 13.8. The first-order chi connectivity index (χ1) is 9.16. The van der Waals surface area contributed by atoms with Crippen molar-refractivity contribution in [1.29, 1.82) is 0 Å². The highest BCUT2D eigenvalue weighted by Gasteiger charge is 2.43. The van der Waals surface area contributed by atoms with Crippen molar-refractivity contribution in [2.24, 2.45) is 0 Å². The molecule has 4 heteroatoms. The summed E-state index contributed by atoms with van der Waals surface area (Å²) in [7, 11) is 2.22. The molecule has 3 fully saturated rings. The third kappa shape index (κ3) is 3.13. The Labute approximate surface area is 116 Å². The van der Waals surface area contributed by atoms with E-state index in [1.54, 1.807) is 0 Å². The van der Waals surface area contributed by atoms with E-state index in [2.05, 4.69) is 11.9 Å². The summed E-state index contributed by atoms with van der Waals surface area (Å²) in [4.78, 5) is 2.49. The van der Waals surface area contributed by atoms with Crippen molar-refractivity contribution in [1.82, 2.24) is 4.90 Å². The summed E-state index contributed by atoms with van der Waals surface area (Å²) in [5, 5.41) is 10.9. The van der Waals surface area contributed by atoms with Crippen LogP contribution in [0.1, 0.15) is 51.4 Å². The molecule has 2 unspecified atom stereocenters. The molecule has 3 aliphatic heterocycles. The minimum atomic E-state index is -0.494. The Kier molecular flexibility index (Phi) is 4.13. The maximum Gasteiger partial charge on any atom is 0.157 e. The van der Waals surface area contributed by atoms with E-state index in [1.165, 1.54) is 19.3 Å². The number of fused-ring (bicyclic) bond motifs is 2. The van der Waals surface area contributed by atoms with Gasteiger partial charge in [0.1, 0.15) is 0 Å². The molecule has 4 nitrogen and oxygen atoms in total. The molecule has 0 aromatic carbocycles. The first-order valence-electron chi connectivity index (χ1n) is 7.84. The van der Waals surface area contributed by atoms with E-state index in [0.717, 1.165) is 45.3 Å². The molecule has 0 radical (unpaired) electrons. The van der Waals surface area contributed by atoms with Gasteiger partial charge in [0, 0.05) is 18.5 Å². The maximum absolute atomic E-state index is 10.9. The fourth-order valence-electron chi connectivity index (χ4n) is 4.04. The number of ether oxygens (including phenoxy) is 2. The van der Waals surface area contributed by atoms with Gasteiger partial charge in [-0.3, -0.25) is 0 Å². The summed E-state index contributed by atoms with van der Waals surface area (Å²) >= 11 is 0. The molecule has 3 saturated heterocycles. The molecule has 110 valence electrons. The van der Waals surface area contributed by atoms with Crippen molar-refractivity contribution in [2.45, 2.75) is 75.3 Å². The zero-order valence-corrected chi connectivity index (χ0v) is 12.0. The van der Waals surface area contributed by atoms with Crippen molar-refractivity contribution >= 4 is 0 Å². The molecule has 3 aliphatic rings. The van der Waals surface area contributed by atoms with Crippen LogP contribution in [0.5, 0.6) is 0 Å². The van der Waals surface area contributed by atoms with E-state index in [4.69, 9.17) is 9.47 Å². The van der Waals surface area contributed by atoms with Gasteiger partial charge >= 0.3 is 0 Å². The fraction of sp³-hybridized carbons (Fsp3) is 1.00. The Balaban J connectivity index is 1.54. The summed E-state index contributed by atoms with van der Waals surface area (Å²) < 4.78 is 11.2. The van der Waals surface area contributed by atoms with Gasteiger partial charge in [0.05, 0.1) is 18.8 Å². The monoisotopic (exact) mass is 269 g/mol. The second-order valence-electron chi connectivity index (χ2n) is 6.60. The normalized spacial score (nSPS) is 41.4. The molecule has 2 atom stereocenters. The average molecular weight is 269 g/mol. The van der Waals surface area contributed by atoms with Crippen LogP contribution in [-0.2, 0) is 9.47 Å². The molecule has 0 aromatic heterocycles. The van der Waals surface area contributed by atoms with Crippen LogP contribution in [0.15, 0.2) is 0 Å². The Morgan fingerprint density at radius 1 is 1.11 bits per heavy atom. The fourth-order valence-corrected chi connectivity index (χ4v) is 4.04. The molecule has 0 saturated carbocycles. The summed E-state index contributed by atoms with van der Waals surface area (Å²) in [6, 6.07) is 1.15. The number of hydrogen-bond acceptors (Lipinski definition) is 4. The third-order valence-corrected chi connectivity index (χ3v) is 5.20. The number of piperidine rings is 2. The standard InChI is InChI=1S/C15H27NO3/c1-16-12-4-2-5-13(16)11-15(17,10-12)7-6-14-18-8-3-9-19-14/h12-14,17H,2-11H2,1H3. The minimum absolute atomic E-state index is 0.0859. The molecule has 0 aliphatic carbocycles. The van der Waals surface area contributed by atoms with Crippen molar-refractivity contribution in [2.75, 3.05) is 20.3 Å². The van der Waals surface area contributed by atoms with Gasteiger partial charge in [0.15, 0.2) is 6.29 Å². The van der Waals surface area contributed by atoms with Crippen molar-refractivity contribution < 1.29 is 14.6 Å². The zero-order valence-electron chi connectivity index (χ0n) is 12.0. The van der Waals surface area contributed by atoms with Crippen LogP contribution in [0.3, 0.4) is 0 Å². The van der Waals surface area contributed by atoms with Gasteiger partial charge in [-0.25, -0.2) is 0 Å². The summed E-state index contributed by atoms with van der Waals surface area (Å²) in [5.41, 5.74) is -0.494. The lowest BCUT2D eigenvalue weighted by Gasteiger charge is -2.51. The molecule has 0 spiro atoms. The molecule has 0 aromatic rings. The van der Waals surface area contributed by atoms with Crippen molar-refractivity contribution in [3.05, 3.63) is 0 Å². The second kappa shape index (κ2) is 5.68. The van der Waals surface area contributed by atoms with Crippen LogP contribution in [0.25, 0.3) is 0 Å². The van der Waals surface area contributed by atoms with E-state index in [0.29, 0.717) is 12.1 Å². The molecule has 3 rings (SSSR count). The summed E-state index contributed by atoms with van der Waals surface area (Å²) in [6.07, 6.45) is 8.22. The highest BCUT2D eigenvalue weighted by atomic mass is 16.7. The predicted octanol–water partition coefficient (Wildman–Crippen LogP) is 1.91. The maximum atomic E-state index is 10.9. The lowest BCUT2D eigenvalue weighted by molar-refractivity contribution is -0.190. The van der Waals surface area contributed by atoms with Crippen molar-refractivity contribution in [3.63, 3.8) is 0 Å². The van der Waals surface area contributed by atoms with Crippen LogP contribution >= 0.6 is 0 Å². The Hall–Kier alpha value is -0.160. The van der Waals surface area contributed by atoms with E-state index in [-0.39, 0.29) is 6.29 Å². The van der Waals surface area contributed by atoms with Crippen LogP contribution in [-0.4, -0.2) is 54.2 Å². The van der Waals surface area contributed by atoms with Crippen LogP contribution in [0.2, 0.25) is 0 Å². The zero-order chi connectivity index (χ0) is 13.3. The molecular weight excluding hydrogens is 242 g/mol. The van der Waals surface area contributed by atoms with E-state index < -0.39 is 5.60 Å². The molecular formula is C15H27NO3. The molecule has 0 amide bonds. The minimum Gasteiger partial charge on any atom is -0.390 e. The quantitative estimate of drug-likeness (QED) is 0.850. The van der Waals surface area contributed by atoms with E-state index in [1.807, 2.05) is 0 Å². The highest BCUT2D eigenvalue weighted by molar-refractivity contribution is 4.98. The number of rotatable bonds is 3. The number of aliphatic hydroxyl groups is 1. The first-order valence-corrected chi connectivity index (χ1v) is 7.84. The van der Waals surface area contributed by atoms with Crippen molar-refractivity contribution in [3.8, 4) is 0 Å². The van der Waals surface area contributed by atoms with Gasteiger partial charge in [-0.2, -0.15) is 0 Å². The van der Waals surface area contributed by atoms with E-state index >= 15 is 0 Å². The lowest BCUT2D eigenvalue weighted by Crippen LogP contribution is -2.56. The van der Waals surface area contributed by atoms with Gasteiger partial charge < -0.3 is 19.5 Å². The van der Waals surface area contributed by atoms with Crippen LogP contribution < -0.4 is 0 Å². The smallest absolute Gasteiger partial charge is 0.157 e. The predicted molar refractivity (Wildman–Crippen MR) is 72.9 cm³/mol. The average Bonchev–Trinajstić information content (AvgIpc) is 2.40. The van der Waals surface area contributed by atoms with E-state index in [9.17, 15) is 5.11 Å². The topological polar surface area (TPSA) is 41.9 Å². The van der Waals surface area contributed by atoms with Gasteiger partial charge in [0.25, 0.3) is 0 Å². The van der Waals surface area contributed by atoms with Gasteiger partial charge in [0.2, 0.25) is 0 Å². The SMILES string of the molecule is CN1C2CCCC1CC(O)(CCC1OCCCO1)C2. The van der Waals surface area contributed by atoms with Gasteiger partial charge in [-0.15, -0.1) is 0 Å². The summed E-state index contributed by atoms with van der Waals surface area (Å²) in [6.45, 7) is 1.61. The Bertz CT molecular complexity index is 290. The molecule has 2 bridgehead atoms. The molecule has 1 N–H and O–H groups in total. The Morgan fingerprint density at radius 3 is 2.37 bits per heavy atom. The van der Waals surface area contributed by atoms with Crippen LogP contribution in [0.4, 0.5) is 0 Å². The van der Waals surface area contributed by atoms with Gasteiger partial charge in [-0.1, -0.05) is 6.42 Å². The van der Waals surface area contributed by atoms with Gasteiger partial charge in [-0.05, 0) is 45.6 Å². The number of hydrogen-bond donors (Lipinski definition) is 1. The Morgan fingerprint density at radius 2 is 1.74 bits per heavy atom. The second-order valence-corrected chi connectivity index (χ2v) is 6.60. The highest BCUT2D eigenvalue weighted by Crippen LogP contribution is 2.40. The third-order valence-electron chi connectivity index (χ3n) is 5.20. The molecule has 3 heterocycles. The number of nitrogens with zero attached hydrogens (tertiary/aromatic N) is 1. The lowest BCUT2D eigenvalue weighted by atomic mass is 9.74.